The number of esters is 1. The number of anilines is 1. The molecule has 25 heavy (non-hydrogen) atoms. The minimum absolute atomic E-state index is 0.0784. The van der Waals surface area contributed by atoms with Crippen molar-refractivity contribution in [3.05, 3.63) is 64.1 Å². The molecule has 0 radical (unpaired) electrons. The molecule has 0 unspecified atom stereocenters. The van der Waals surface area contributed by atoms with Crippen LogP contribution < -0.4 is 10.6 Å². The second-order valence-corrected chi connectivity index (χ2v) is 6.39. The highest BCUT2D eigenvalue weighted by atomic mass is 79.9. The molecule has 0 spiro atoms. The van der Waals surface area contributed by atoms with Crippen molar-refractivity contribution in [2.75, 3.05) is 19.0 Å². The average Bonchev–Trinajstić information content (AvgIpc) is 2.63. The Morgan fingerprint density at radius 2 is 1.80 bits per heavy atom. The third-order valence-corrected chi connectivity index (χ3v) is 4.32. The Morgan fingerprint density at radius 3 is 2.44 bits per heavy atom. The van der Waals surface area contributed by atoms with Crippen molar-refractivity contribution in [2.24, 2.45) is 0 Å². The van der Waals surface area contributed by atoms with Crippen molar-refractivity contribution < 1.29 is 14.3 Å². The number of hydrogen-bond acceptors (Lipinski definition) is 4. The van der Waals surface area contributed by atoms with Gasteiger partial charge in [0.1, 0.15) is 0 Å². The molecule has 2 rings (SSSR count). The summed E-state index contributed by atoms with van der Waals surface area (Å²) in [5, 5.41) is 6.00. The van der Waals surface area contributed by atoms with Crippen LogP contribution in [0.3, 0.4) is 0 Å². The summed E-state index contributed by atoms with van der Waals surface area (Å²) in [6.07, 6.45) is 0.855. The van der Waals surface area contributed by atoms with Crippen molar-refractivity contribution in [1.29, 1.82) is 0 Å². The Bertz CT molecular complexity index is 732. The third kappa shape index (κ3) is 5.41. The third-order valence-electron chi connectivity index (χ3n) is 3.80. The van der Waals surface area contributed by atoms with Gasteiger partial charge in [-0.2, -0.15) is 0 Å². The number of benzene rings is 2. The number of carbonyl (C=O) groups excluding carboxylic acids is 2. The number of para-hydroxylation sites is 1. The van der Waals surface area contributed by atoms with Crippen LogP contribution in [0.2, 0.25) is 0 Å². The zero-order valence-electron chi connectivity index (χ0n) is 14.2. The number of rotatable bonds is 7. The Kier molecular flexibility index (Phi) is 7.16. The van der Waals surface area contributed by atoms with Crippen molar-refractivity contribution in [1.82, 2.24) is 5.32 Å². The molecule has 0 fully saturated rings. The highest BCUT2D eigenvalue weighted by Gasteiger charge is 2.15. The summed E-state index contributed by atoms with van der Waals surface area (Å²) in [4.78, 5) is 24.0. The quantitative estimate of drug-likeness (QED) is 0.686. The number of ether oxygens (including phenoxy) is 1. The molecule has 0 saturated carbocycles. The van der Waals surface area contributed by atoms with E-state index in [2.05, 4.69) is 33.5 Å². The molecule has 2 aromatic rings. The first-order valence-corrected chi connectivity index (χ1v) is 8.80. The van der Waals surface area contributed by atoms with Gasteiger partial charge in [-0.3, -0.25) is 4.79 Å². The van der Waals surface area contributed by atoms with Crippen LogP contribution in [0, 0.1) is 0 Å². The van der Waals surface area contributed by atoms with Crippen molar-refractivity contribution >= 4 is 33.5 Å². The van der Waals surface area contributed by atoms with Crippen LogP contribution in [-0.2, 0) is 9.53 Å². The fourth-order valence-corrected chi connectivity index (χ4v) is 2.75. The zero-order valence-corrected chi connectivity index (χ0v) is 15.8. The van der Waals surface area contributed by atoms with Crippen LogP contribution in [0.4, 0.5) is 5.69 Å². The van der Waals surface area contributed by atoms with Crippen LogP contribution >= 0.6 is 15.9 Å². The second kappa shape index (κ2) is 9.34. The van der Waals surface area contributed by atoms with E-state index in [1.165, 1.54) is 7.11 Å². The molecule has 0 aliphatic heterocycles. The van der Waals surface area contributed by atoms with Gasteiger partial charge < -0.3 is 15.4 Å². The average molecular weight is 405 g/mol. The van der Waals surface area contributed by atoms with Gasteiger partial charge in [-0.15, -0.1) is 0 Å². The van der Waals surface area contributed by atoms with Gasteiger partial charge in [0.15, 0.2) is 0 Å². The normalized spacial score (nSPS) is 11.6. The molecule has 0 heterocycles. The van der Waals surface area contributed by atoms with E-state index in [0.29, 0.717) is 11.3 Å². The molecule has 2 aromatic carbocycles. The summed E-state index contributed by atoms with van der Waals surface area (Å²) >= 11 is 3.42. The molecule has 132 valence electrons. The lowest BCUT2D eigenvalue weighted by Crippen LogP contribution is -2.31. The van der Waals surface area contributed by atoms with Crippen molar-refractivity contribution in [3.8, 4) is 0 Å². The van der Waals surface area contributed by atoms with Crippen LogP contribution in [0.1, 0.15) is 35.3 Å². The first-order chi connectivity index (χ1) is 12.0. The summed E-state index contributed by atoms with van der Waals surface area (Å²) in [6.45, 7) is 2.20. The Morgan fingerprint density at radius 1 is 1.12 bits per heavy atom. The number of hydrogen-bond donors (Lipinski definition) is 2. The lowest BCUT2D eigenvalue weighted by atomic mass is 10.0. The molecule has 1 atom stereocenters. The molecule has 0 aliphatic carbocycles. The molecular formula is C19H21BrN2O3. The SMILES string of the molecule is CC[C@H](NCC(=O)Nc1ccccc1C(=O)OC)c1ccc(Br)cc1. The van der Waals surface area contributed by atoms with Crippen molar-refractivity contribution in [2.45, 2.75) is 19.4 Å². The fourth-order valence-electron chi connectivity index (χ4n) is 2.48. The first-order valence-electron chi connectivity index (χ1n) is 8.01. The lowest BCUT2D eigenvalue weighted by Gasteiger charge is -2.17. The molecule has 2 N–H and O–H groups in total. The molecule has 0 bridgehead atoms. The molecule has 6 heteroatoms. The highest BCUT2D eigenvalue weighted by Crippen LogP contribution is 2.19. The number of nitrogens with one attached hydrogen (secondary N) is 2. The van der Waals surface area contributed by atoms with Gasteiger partial charge in [0.25, 0.3) is 0 Å². The lowest BCUT2D eigenvalue weighted by molar-refractivity contribution is -0.115. The van der Waals surface area contributed by atoms with Crippen LogP contribution in [-0.4, -0.2) is 25.5 Å². The van der Waals surface area contributed by atoms with E-state index in [-0.39, 0.29) is 18.5 Å². The van der Waals surface area contributed by atoms with Gasteiger partial charge in [-0.1, -0.05) is 47.1 Å². The fraction of sp³-hybridized carbons (Fsp3) is 0.263. The van der Waals surface area contributed by atoms with Crippen molar-refractivity contribution in [3.63, 3.8) is 0 Å². The molecule has 0 aliphatic rings. The number of halogens is 1. The van der Waals surface area contributed by atoms with E-state index in [1.807, 2.05) is 24.3 Å². The van der Waals surface area contributed by atoms with Gasteiger partial charge in [0, 0.05) is 10.5 Å². The smallest absolute Gasteiger partial charge is 0.339 e. The van der Waals surface area contributed by atoms with E-state index in [0.717, 1.165) is 16.5 Å². The predicted octanol–water partition coefficient (Wildman–Crippen LogP) is 3.92. The van der Waals surface area contributed by atoms with E-state index in [9.17, 15) is 9.59 Å². The first kappa shape index (κ1) is 19.1. The Hall–Kier alpha value is -2.18. The summed E-state index contributed by atoms with van der Waals surface area (Å²) in [7, 11) is 1.31. The highest BCUT2D eigenvalue weighted by molar-refractivity contribution is 9.10. The predicted molar refractivity (Wildman–Crippen MR) is 102 cm³/mol. The molecule has 1 amide bonds. The monoisotopic (exact) mass is 404 g/mol. The Labute approximate surface area is 155 Å². The number of amides is 1. The zero-order chi connectivity index (χ0) is 18.2. The summed E-state index contributed by atoms with van der Waals surface area (Å²) < 4.78 is 5.75. The molecule has 5 nitrogen and oxygen atoms in total. The Balaban J connectivity index is 1.98. The minimum atomic E-state index is -0.481. The summed E-state index contributed by atoms with van der Waals surface area (Å²) in [5.74, 6) is -0.697. The van der Waals surface area contributed by atoms with Crippen LogP contribution in [0.5, 0.6) is 0 Å². The maximum Gasteiger partial charge on any atom is 0.339 e. The van der Waals surface area contributed by atoms with E-state index >= 15 is 0 Å². The van der Waals surface area contributed by atoms with Gasteiger partial charge in [-0.25, -0.2) is 4.79 Å². The maximum atomic E-state index is 12.2. The summed E-state index contributed by atoms with van der Waals surface area (Å²) in [6, 6.07) is 14.9. The minimum Gasteiger partial charge on any atom is -0.465 e. The standard InChI is InChI=1S/C19H21BrN2O3/c1-3-16(13-8-10-14(20)11-9-13)21-12-18(23)22-17-7-5-4-6-15(17)19(24)25-2/h4-11,16,21H,3,12H2,1-2H3,(H,22,23)/t16-/m0/s1. The molecule has 0 aromatic heterocycles. The van der Waals surface area contributed by atoms with Crippen LogP contribution in [0.25, 0.3) is 0 Å². The van der Waals surface area contributed by atoms with E-state index in [1.54, 1.807) is 24.3 Å². The molecular weight excluding hydrogens is 384 g/mol. The van der Waals surface area contributed by atoms with Gasteiger partial charge in [-0.05, 0) is 36.2 Å². The maximum absolute atomic E-state index is 12.2. The second-order valence-electron chi connectivity index (χ2n) is 5.48. The van der Waals surface area contributed by atoms with E-state index < -0.39 is 5.97 Å². The summed E-state index contributed by atoms with van der Waals surface area (Å²) in [5.41, 5.74) is 1.89. The van der Waals surface area contributed by atoms with Crippen LogP contribution in [0.15, 0.2) is 53.0 Å². The van der Waals surface area contributed by atoms with Gasteiger partial charge in [0.05, 0.1) is 24.9 Å². The molecule has 0 saturated heterocycles. The topological polar surface area (TPSA) is 67.4 Å². The largest absolute Gasteiger partial charge is 0.465 e. The number of methoxy groups -OCH3 is 1. The van der Waals surface area contributed by atoms with Gasteiger partial charge >= 0.3 is 5.97 Å². The number of carbonyl (C=O) groups is 2. The van der Waals surface area contributed by atoms with E-state index in [4.69, 9.17) is 4.74 Å². The van der Waals surface area contributed by atoms with Gasteiger partial charge in [0.2, 0.25) is 5.91 Å².